The van der Waals surface area contributed by atoms with Crippen molar-refractivity contribution in [2.45, 2.75) is 25.4 Å². The SMILES string of the molecule is O=C(NC1CCN(Cc2ccccc2)CC1)c1ccc(-n2cccn2)nc1. The van der Waals surface area contributed by atoms with E-state index in [2.05, 4.69) is 44.6 Å². The zero-order valence-electron chi connectivity index (χ0n) is 15.2. The molecule has 6 heteroatoms. The van der Waals surface area contributed by atoms with Gasteiger partial charge in [0.25, 0.3) is 5.91 Å². The van der Waals surface area contributed by atoms with Crippen LogP contribution in [0.25, 0.3) is 5.82 Å². The van der Waals surface area contributed by atoms with Gasteiger partial charge in [-0.05, 0) is 36.6 Å². The minimum atomic E-state index is -0.0592. The molecule has 0 atom stereocenters. The quantitative estimate of drug-likeness (QED) is 0.759. The highest BCUT2D eigenvalue weighted by Gasteiger charge is 2.21. The summed E-state index contributed by atoms with van der Waals surface area (Å²) in [5.74, 6) is 0.641. The number of piperidine rings is 1. The maximum Gasteiger partial charge on any atom is 0.253 e. The Morgan fingerprint density at radius 1 is 1.07 bits per heavy atom. The van der Waals surface area contributed by atoms with Crippen LogP contribution in [-0.4, -0.2) is 44.7 Å². The summed E-state index contributed by atoms with van der Waals surface area (Å²) >= 11 is 0. The van der Waals surface area contributed by atoms with Crippen LogP contribution in [-0.2, 0) is 6.54 Å². The lowest BCUT2D eigenvalue weighted by Crippen LogP contribution is -2.44. The highest BCUT2D eigenvalue weighted by molar-refractivity contribution is 5.94. The topological polar surface area (TPSA) is 63.1 Å². The molecule has 1 amide bonds. The van der Waals surface area contributed by atoms with Gasteiger partial charge in [-0.3, -0.25) is 9.69 Å². The molecule has 0 spiro atoms. The van der Waals surface area contributed by atoms with Gasteiger partial charge in [0.05, 0.1) is 5.56 Å². The third-order valence-corrected chi connectivity index (χ3v) is 4.92. The molecule has 4 rings (SSSR count). The van der Waals surface area contributed by atoms with E-state index in [-0.39, 0.29) is 11.9 Å². The molecule has 1 saturated heterocycles. The third kappa shape index (κ3) is 4.41. The van der Waals surface area contributed by atoms with E-state index in [4.69, 9.17) is 0 Å². The fourth-order valence-corrected chi connectivity index (χ4v) is 3.41. The number of nitrogens with one attached hydrogen (secondary N) is 1. The molecule has 1 aliphatic heterocycles. The molecule has 0 bridgehead atoms. The molecule has 138 valence electrons. The lowest BCUT2D eigenvalue weighted by atomic mass is 10.0. The van der Waals surface area contributed by atoms with Crippen molar-refractivity contribution in [1.82, 2.24) is 25.0 Å². The van der Waals surface area contributed by atoms with Gasteiger partial charge in [0, 0.05) is 44.3 Å². The molecule has 0 unspecified atom stereocenters. The van der Waals surface area contributed by atoms with Gasteiger partial charge in [-0.25, -0.2) is 9.67 Å². The number of hydrogen-bond acceptors (Lipinski definition) is 4. The number of nitrogens with zero attached hydrogens (tertiary/aromatic N) is 4. The zero-order valence-corrected chi connectivity index (χ0v) is 15.2. The van der Waals surface area contributed by atoms with Crippen LogP contribution in [0.2, 0.25) is 0 Å². The number of benzene rings is 1. The van der Waals surface area contributed by atoms with E-state index in [1.54, 1.807) is 23.1 Å². The number of likely N-dealkylation sites (tertiary alicyclic amines) is 1. The second kappa shape index (κ2) is 8.14. The molecule has 0 aliphatic carbocycles. The van der Waals surface area contributed by atoms with Crippen LogP contribution < -0.4 is 5.32 Å². The first-order chi connectivity index (χ1) is 13.3. The fourth-order valence-electron chi connectivity index (χ4n) is 3.41. The van der Waals surface area contributed by atoms with Crippen molar-refractivity contribution in [2.24, 2.45) is 0 Å². The number of pyridine rings is 1. The molecule has 1 aliphatic rings. The standard InChI is InChI=1S/C21H23N5O/c27-21(18-7-8-20(22-15-18)26-12-4-11-23-26)24-19-9-13-25(14-10-19)16-17-5-2-1-3-6-17/h1-8,11-12,15,19H,9-10,13-14,16H2,(H,24,27). The number of hydrogen-bond donors (Lipinski definition) is 1. The van der Waals surface area contributed by atoms with Gasteiger partial charge in [0.2, 0.25) is 0 Å². The molecule has 1 fully saturated rings. The Morgan fingerprint density at radius 2 is 1.89 bits per heavy atom. The summed E-state index contributed by atoms with van der Waals surface area (Å²) in [6, 6.07) is 16.2. The van der Waals surface area contributed by atoms with Crippen LogP contribution in [0.3, 0.4) is 0 Å². The summed E-state index contributed by atoms with van der Waals surface area (Å²) in [6.45, 7) is 2.97. The van der Waals surface area contributed by atoms with E-state index in [0.717, 1.165) is 32.5 Å². The van der Waals surface area contributed by atoms with Crippen LogP contribution in [0.15, 0.2) is 67.1 Å². The van der Waals surface area contributed by atoms with E-state index in [1.807, 2.05) is 24.4 Å². The number of carbonyl (C=O) groups excluding carboxylic acids is 1. The number of carbonyl (C=O) groups is 1. The van der Waals surface area contributed by atoms with Gasteiger partial charge in [0.15, 0.2) is 5.82 Å². The van der Waals surface area contributed by atoms with Crippen molar-refractivity contribution in [3.8, 4) is 5.82 Å². The average molecular weight is 361 g/mol. The smallest absolute Gasteiger partial charge is 0.253 e. The van der Waals surface area contributed by atoms with Gasteiger partial charge < -0.3 is 5.32 Å². The minimum Gasteiger partial charge on any atom is -0.349 e. The molecule has 27 heavy (non-hydrogen) atoms. The Morgan fingerprint density at radius 3 is 2.56 bits per heavy atom. The maximum absolute atomic E-state index is 12.5. The van der Waals surface area contributed by atoms with Gasteiger partial charge in [-0.2, -0.15) is 5.10 Å². The zero-order chi connectivity index (χ0) is 18.5. The second-order valence-electron chi connectivity index (χ2n) is 6.87. The summed E-state index contributed by atoms with van der Waals surface area (Å²) < 4.78 is 1.67. The van der Waals surface area contributed by atoms with Gasteiger partial charge in [-0.15, -0.1) is 0 Å². The molecular formula is C21H23N5O. The lowest BCUT2D eigenvalue weighted by molar-refractivity contribution is 0.0908. The normalized spacial score (nSPS) is 15.6. The minimum absolute atomic E-state index is 0.0592. The van der Waals surface area contributed by atoms with Crippen molar-refractivity contribution in [3.63, 3.8) is 0 Å². The fraction of sp³-hybridized carbons (Fsp3) is 0.286. The average Bonchev–Trinajstić information content (AvgIpc) is 3.25. The summed E-state index contributed by atoms with van der Waals surface area (Å²) in [6.07, 6.45) is 7.07. The highest BCUT2D eigenvalue weighted by atomic mass is 16.1. The van der Waals surface area contributed by atoms with Crippen LogP contribution in [0.4, 0.5) is 0 Å². The van der Waals surface area contributed by atoms with E-state index >= 15 is 0 Å². The van der Waals surface area contributed by atoms with E-state index in [0.29, 0.717) is 11.4 Å². The number of rotatable bonds is 5. The summed E-state index contributed by atoms with van der Waals surface area (Å²) in [5.41, 5.74) is 1.92. The first-order valence-corrected chi connectivity index (χ1v) is 9.31. The van der Waals surface area contributed by atoms with Crippen molar-refractivity contribution in [1.29, 1.82) is 0 Å². The molecule has 6 nitrogen and oxygen atoms in total. The van der Waals surface area contributed by atoms with Crippen LogP contribution in [0.1, 0.15) is 28.8 Å². The predicted octanol–water partition coefficient (Wildman–Crippen LogP) is 2.66. The summed E-state index contributed by atoms with van der Waals surface area (Å²) in [7, 11) is 0. The van der Waals surface area contributed by atoms with E-state index in [9.17, 15) is 4.79 Å². The summed E-state index contributed by atoms with van der Waals surface area (Å²) in [5, 5.41) is 7.29. The van der Waals surface area contributed by atoms with E-state index in [1.165, 1.54) is 5.56 Å². The molecule has 1 aromatic carbocycles. The Balaban J connectivity index is 1.28. The van der Waals surface area contributed by atoms with Crippen LogP contribution in [0, 0.1) is 0 Å². The number of aromatic nitrogens is 3. The van der Waals surface area contributed by atoms with Crippen molar-refractivity contribution in [3.05, 3.63) is 78.2 Å². The van der Waals surface area contributed by atoms with Crippen molar-refractivity contribution >= 4 is 5.91 Å². The van der Waals surface area contributed by atoms with E-state index < -0.39 is 0 Å². The monoisotopic (exact) mass is 361 g/mol. The van der Waals surface area contributed by atoms with Crippen LogP contribution >= 0.6 is 0 Å². The Hall–Kier alpha value is -2.99. The summed E-state index contributed by atoms with van der Waals surface area (Å²) in [4.78, 5) is 19.3. The molecular weight excluding hydrogens is 338 g/mol. The molecule has 1 N–H and O–H groups in total. The highest BCUT2D eigenvalue weighted by Crippen LogP contribution is 2.14. The first-order valence-electron chi connectivity index (χ1n) is 9.31. The number of amides is 1. The molecule has 3 heterocycles. The predicted molar refractivity (Wildman–Crippen MR) is 104 cm³/mol. The van der Waals surface area contributed by atoms with Crippen molar-refractivity contribution < 1.29 is 4.79 Å². The molecule has 0 radical (unpaired) electrons. The Labute approximate surface area is 158 Å². The Bertz CT molecular complexity index is 853. The Kier molecular flexibility index (Phi) is 5.25. The van der Waals surface area contributed by atoms with Gasteiger partial charge in [0.1, 0.15) is 0 Å². The lowest BCUT2D eigenvalue weighted by Gasteiger charge is -2.32. The third-order valence-electron chi connectivity index (χ3n) is 4.92. The molecule has 3 aromatic rings. The van der Waals surface area contributed by atoms with Gasteiger partial charge in [-0.1, -0.05) is 30.3 Å². The van der Waals surface area contributed by atoms with Crippen molar-refractivity contribution in [2.75, 3.05) is 13.1 Å². The van der Waals surface area contributed by atoms with Gasteiger partial charge >= 0.3 is 0 Å². The molecule has 0 saturated carbocycles. The second-order valence-corrected chi connectivity index (χ2v) is 6.87. The molecule has 2 aromatic heterocycles. The van der Waals surface area contributed by atoms with Crippen LogP contribution in [0.5, 0.6) is 0 Å². The largest absolute Gasteiger partial charge is 0.349 e. The first kappa shape index (κ1) is 17.4. The maximum atomic E-state index is 12.5.